The molecule has 0 atom stereocenters. The Morgan fingerprint density at radius 1 is 1.20 bits per heavy atom. The van der Waals surface area contributed by atoms with Crippen molar-refractivity contribution in [3.8, 4) is 0 Å². The van der Waals surface area contributed by atoms with Crippen LogP contribution in [0.25, 0.3) is 0 Å². The molecule has 1 saturated heterocycles. The lowest BCUT2D eigenvalue weighted by molar-refractivity contribution is -0.128. The molecular formula is C19H31IN4O. The van der Waals surface area contributed by atoms with Crippen LogP contribution in [0.1, 0.15) is 50.2 Å². The van der Waals surface area contributed by atoms with Crippen molar-refractivity contribution in [1.29, 1.82) is 0 Å². The van der Waals surface area contributed by atoms with Gasteiger partial charge in [-0.05, 0) is 24.0 Å². The first kappa shape index (κ1) is 21.7. The quantitative estimate of drug-likeness (QED) is 0.272. The number of amides is 1. The SMILES string of the molecule is CCCCCNC(=NC)NCc1ccccc1CN1CCCC1=O.I. The number of hydrogen-bond acceptors (Lipinski definition) is 2. The van der Waals surface area contributed by atoms with E-state index in [1.54, 1.807) is 7.05 Å². The maximum absolute atomic E-state index is 11.9. The highest BCUT2D eigenvalue weighted by molar-refractivity contribution is 14.0. The highest BCUT2D eigenvalue weighted by Gasteiger charge is 2.20. The van der Waals surface area contributed by atoms with Crippen molar-refractivity contribution in [2.24, 2.45) is 4.99 Å². The molecule has 6 heteroatoms. The lowest BCUT2D eigenvalue weighted by Crippen LogP contribution is -2.37. The van der Waals surface area contributed by atoms with Crippen LogP contribution in [0.4, 0.5) is 0 Å². The number of aliphatic imine (C=N–C) groups is 1. The zero-order valence-electron chi connectivity index (χ0n) is 15.4. The molecule has 0 unspecified atom stereocenters. The Morgan fingerprint density at radius 3 is 2.60 bits per heavy atom. The van der Waals surface area contributed by atoms with Crippen LogP contribution >= 0.6 is 24.0 Å². The van der Waals surface area contributed by atoms with Gasteiger partial charge in [0.15, 0.2) is 5.96 Å². The van der Waals surface area contributed by atoms with E-state index in [4.69, 9.17) is 0 Å². The molecular weight excluding hydrogens is 427 g/mol. The van der Waals surface area contributed by atoms with Gasteiger partial charge in [0, 0.05) is 39.6 Å². The Labute approximate surface area is 168 Å². The molecule has 1 aromatic carbocycles. The van der Waals surface area contributed by atoms with Crippen LogP contribution < -0.4 is 10.6 Å². The van der Waals surface area contributed by atoms with Crippen LogP contribution in [-0.2, 0) is 17.9 Å². The molecule has 0 spiro atoms. The third-order valence-corrected chi connectivity index (χ3v) is 4.39. The number of halogens is 1. The van der Waals surface area contributed by atoms with Gasteiger partial charge in [-0.2, -0.15) is 0 Å². The van der Waals surface area contributed by atoms with E-state index in [0.717, 1.165) is 31.9 Å². The predicted octanol–water partition coefficient (Wildman–Crippen LogP) is 3.28. The number of likely N-dealkylation sites (tertiary alicyclic amines) is 1. The highest BCUT2D eigenvalue weighted by atomic mass is 127. The molecule has 0 radical (unpaired) electrons. The van der Waals surface area contributed by atoms with E-state index in [1.165, 1.54) is 24.0 Å². The topological polar surface area (TPSA) is 56.7 Å². The predicted molar refractivity (Wildman–Crippen MR) is 114 cm³/mol. The summed E-state index contributed by atoms with van der Waals surface area (Å²) in [5.41, 5.74) is 2.43. The minimum atomic E-state index is 0. The first-order valence-electron chi connectivity index (χ1n) is 9.03. The Balaban J connectivity index is 0.00000312. The molecule has 1 aliphatic rings. The summed E-state index contributed by atoms with van der Waals surface area (Å²) in [7, 11) is 1.80. The highest BCUT2D eigenvalue weighted by Crippen LogP contribution is 2.17. The summed E-state index contributed by atoms with van der Waals surface area (Å²) in [6, 6.07) is 8.31. The molecule has 1 aliphatic heterocycles. The molecule has 0 aromatic heterocycles. The van der Waals surface area contributed by atoms with Crippen molar-refractivity contribution in [1.82, 2.24) is 15.5 Å². The molecule has 140 valence electrons. The average molecular weight is 458 g/mol. The molecule has 1 amide bonds. The van der Waals surface area contributed by atoms with Crippen molar-refractivity contribution < 1.29 is 4.79 Å². The van der Waals surface area contributed by atoms with Gasteiger partial charge in [-0.1, -0.05) is 44.0 Å². The van der Waals surface area contributed by atoms with E-state index in [0.29, 0.717) is 19.5 Å². The number of nitrogens with zero attached hydrogens (tertiary/aromatic N) is 2. The van der Waals surface area contributed by atoms with E-state index in [2.05, 4.69) is 34.7 Å². The molecule has 1 aromatic rings. The van der Waals surface area contributed by atoms with E-state index >= 15 is 0 Å². The number of benzene rings is 1. The minimum absolute atomic E-state index is 0. The molecule has 0 saturated carbocycles. The van der Waals surface area contributed by atoms with Crippen LogP contribution in [0.5, 0.6) is 0 Å². The maximum atomic E-state index is 11.9. The zero-order chi connectivity index (χ0) is 17.2. The third-order valence-electron chi connectivity index (χ3n) is 4.39. The number of nitrogens with one attached hydrogen (secondary N) is 2. The summed E-state index contributed by atoms with van der Waals surface area (Å²) >= 11 is 0. The van der Waals surface area contributed by atoms with E-state index in [9.17, 15) is 4.79 Å². The summed E-state index contributed by atoms with van der Waals surface area (Å²) in [6.07, 6.45) is 5.28. The monoisotopic (exact) mass is 458 g/mol. The van der Waals surface area contributed by atoms with E-state index < -0.39 is 0 Å². The zero-order valence-corrected chi connectivity index (χ0v) is 17.7. The molecule has 2 N–H and O–H groups in total. The van der Waals surface area contributed by atoms with Crippen molar-refractivity contribution >= 4 is 35.8 Å². The van der Waals surface area contributed by atoms with Gasteiger partial charge < -0.3 is 15.5 Å². The second-order valence-electron chi connectivity index (χ2n) is 6.25. The first-order chi connectivity index (χ1) is 11.7. The summed E-state index contributed by atoms with van der Waals surface area (Å²) < 4.78 is 0. The summed E-state index contributed by atoms with van der Waals surface area (Å²) in [5, 5.41) is 6.72. The van der Waals surface area contributed by atoms with E-state index in [1.807, 2.05) is 17.0 Å². The standard InChI is InChI=1S/C19H30N4O.HI/c1-3-4-7-12-21-19(20-2)22-14-16-9-5-6-10-17(16)15-23-13-8-11-18(23)24;/h5-6,9-10H,3-4,7-8,11-15H2,1-2H3,(H2,20,21,22);1H. The van der Waals surface area contributed by atoms with Crippen LogP contribution in [0.3, 0.4) is 0 Å². The van der Waals surface area contributed by atoms with Crippen molar-refractivity contribution in [3.05, 3.63) is 35.4 Å². The number of unbranched alkanes of at least 4 members (excludes halogenated alkanes) is 2. The molecule has 1 fully saturated rings. The largest absolute Gasteiger partial charge is 0.356 e. The first-order valence-corrected chi connectivity index (χ1v) is 9.03. The lowest BCUT2D eigenvalue weighted by Gasteiger charge is -2.19. The third kappa shape index (κ3) is 7.22. The fourth-order valence-corrected chi connectivity index (χ4v) is 2.94. The Bertz CT molecular complexity index is 562. The molecule has 1 heterocycles. The fourth-order valence-electron chi connectivity index (χ4n) is 2.94. The number of rotatable bonds is 8. The molecule has 2 rings (SSSR count). The Kier molecular flexibility index (Phi) is 10.5. The van der Waals surface area contributed by atoms with Gasteiger partial charge in [0.2, 0.25) is 5.91 Å². The lowest BCUT2D eigenvalue weighted by atomic mass is 10.1. The van der Waals surface area contributed by atoms with Gasteiger partial charge in [0.1, 0.15) is 0 Å². The molecule has 5 nitrogen and oxygen atoms in total. The Morgan fingerprint density at radius 2 is 1.96 bits per heavy atom. The van der Waals surface area contributed by atoms with Gasteiger partial charge in [-0.3, -0.25) is 9.79 Å². The van der Waals surface area contributed by atoms with Crippen molar-refractivity contribution in [2.75, 3.05) is 20.1 Å². The summed E-state index contributed by atoms with van der Waals surface area (Å²) in [4.78, 5) is 18.1. The van der Waals surface area contributed by atoms with Crippen LogP contribution in [0.2, 0.25) is 0 Å². The van der Waals surface area contributed by atoms with Crippen LogP contribution in [0.15, 0.2) is 29.3 Å². The van der Waals surface area contributed by atoms with Gasteiger partial charge in [0.25, 0.3) is 0 Å². The van der Waals surface area contributed by atoms with Gasteiger partial charge in [-0.25, -0.2) is 0 Å². The number of carbonyl (C=O) groups is 1. The van der Waals surface area contributed by atoms with Crippen LogP contribution in [0, 0.1) is 0 Å². The second-order valence-corrected chi connectivity index (χ2v) is 6.25. The summed E-state index contributed by atoms with van der Waals surface area (Å²) in [6.45, 7) is 5.44. The number of hydrogen-bond donors (Lipinski definition) is 2. The molecule has 25 heavy (non-hydrogen) atoms. The maximum Gasteiger partial charge on any atom is 0.222 e. The van der Waals surface area contributed by atoms with E-state index in [-0.39, 0.29) is 29.9 Å². The number of guanidine groups is 1. The average Bonchev–Trinajstić information content (AvgIpc) is 3.00. The van der Waals surface area contributed by atoms with Gasteiger partial charge in [-0.15, -0.1) is 24.0 Å². The van der Waals surface area contributed by atoms with Gasteiger partial charge >= 0.3 is 0 Å². The summed E-state index contributed by atoms with van der Waals surface area (Å²) in [5.74, 6) is 1.10. The van der Waals surface area contributed by atoms with Crippen molar-refractivity contribution in [2.45, 2.75) is 52.1 Å². The van der Waals surface area contributed by atoms with Crippen molar-refractivity contribution in [3.63, 3.8) is 0 Å². The normalized spacial score (nSPS) is 14.4. The fraction of sp³-hybridized carbons (Fsp3) is 0.579. The molecule has 0 bridgehead atoms. The number of carbonyl (C=O) groups excluding carboxylic acids is 1. The van der Waals surface area contributed by atoms with Gasteiger partial charge in [0.05, 0.1) is 0 Å². The Hall–Kier alpha value is -1.31. The second kappa shape index (κ2) is 12.1. The minimum Gasteiger partial charge on any atom is -0.356 e. The van der Waals surface area contributed by atoms with Crippen LogP contribution in [-0.4, -0.2) is 36.9 Å². The smallest absolute Gasteiger partial charge is 0.222 e. The molecule has 0 aliphatic carbocycles.